The van der Waals surface area contributed by atoms with Crippen molar-refractivity contribution >= 4 is 15.9 Å². The molecular weight excluding hydrogens is 392 g/mol. The van der Waals surface area contributed by atoms with Crippen molar-refractivity contribution in [1.29, 1.82) is 0 Å². The Labute approximate surface area is 173 Å². The van der Waals surface area contributed by atoms with Crippen LogP contribution < -0.4 is 19.5 Å². The highest BCUT2D eigenvalue weighted by Crippen LogP contribution is 2.32. The molecule has 162 valence electrons. The van der Waals surface area contributed by atoms with E-state index in [1.807, 2.05) is 18.2 Å². The molecule has 7 nitrogen and oxygen atoms in total. The van der Waals surface area contributed by atoms with E-state index < -0.39 is 14.8 Å². The second-order valence-corrected chi connectivity index (χ2v) is 11.3. The minimum Gasteiger partial charge on any atom is -0.454 e. The van der Waals surface area contributed by atoms with Crippen LogP contribution in [0.5, 0.6) is 11.5 Å². The van der Waals surface area contributed by atoms with Crippen LogP contribution in [0.25, 0.3) is 0 Å². The maximum absolute atomic E-state index is 12.4. The van der Waals surface area contributed by atoms with Crippen molar-refractivity contribution in [2.75, 3.05) is 13.3 Å². The van der Waals surface area contributed by atoms with E-state index in [0.29, 0.717) is 32.2 Å². The number of amides is 1. The first-order valence-corrected chi connectivity index (χ1v) is 11.8. The summed E-state index contributed by atoms with van der Waals surface area (Å²) in [5.41, 5.74) is 1.16. The van der Waals surface area contributed by atoms with Crippen LogP contribution in [0, 0.1) is 5.92 Å². The molecule has 3 rings (SSSR count). The van der Waals surface area contributed by atoms with Gasteiger partial charge in [-0.3, -0.25) is 4.79 Å². The summed E-state index contributed by atoms with van der Waals surface area (Å²) in [7, 11) is -3.35. The van der Waals surface area contributed by atoms with Crippen LogP contribution in [0.4, 0.5) is 0 Å². The van der Waals surface area contributed by atoms with Crippen molar-refractivity contribution in [2.24, 2.45) is 5.92 Å². The lowest BCUT2D eigenvalue weighted by Gasteiger charge is -2.30. The van der Waals surface area contributed by atoms with Gasteiger partial charge in [-0.2, -0.15) is 0 Å². The molecule has 29 heavy (non-hydrogen) atoms. The van der Waals surface area contributed by atoms with Crippen LogP contribution in [0.1, 0.15) is 58.4 Å². The molecular formula is C21H32N2O5S. The number of rotatable bonds is 7. The fourth-order valence-corrected chi connectivity index (χ4v) is 4.64. The Bertz CT molecular complexity index is 824. The molecule has 0 spiro atoms. The predicted molar refractivity (Wildman–Crippen MR) is 111 cm³/mol. The molecule has 0 atom stereocenters. The molecule has 0 radical (unpaired) electrons. The van der Waals surface area contributed by atoms with E-state index in [0.717, 1.165) is 29.9 Å². The number of benzene rings is 1. The van der Waals surface area contributed by atoms with Crippen LogP contribution in [0.15, 0.2) is 18.2 Å². The Hall–Kier alpha value is -1.80. The molecule has 1 saturated carbocycles. The molecule has 1 aromatic carbocycles. The number of sulfonamides is 1. The zero-order valence-corrected chi connectivity index (χ0v) is 18.3. The number of ether oxygens (including phenoxy) is 2. The highest BCUT2D eigenvalue weighted by Gasteiger charge is 2.33. The van der Waals surface area contributed by atoms with E-state index in [1.54, 1.807) is 20.8 Å². The molecule has 1 amide bonds. The first-order chi connectivity index (χ1) is 13.7. The van der Waals surface area contributed by atoms with Gasteiger partial charge in [-0.1, -0.05) is 6.07 Å². The van der Waals surface area contributed by atoms with E-state index >= 15 is 0 Å². The first-order valence-electron chi connectivity index (χ1n) is 10.3. The molecule has 0 aromatic heterocycles. The third-order valence-electron chi connectivity index (χ3n) is 5.60. The maximum atomic E-state index is 12.4. The molecule has 1 aliphatic heterocycles. The molecule has 1 aliphatic carbocycles. The molecule has 1 fully saturated rings. The van der Waals surface area contributed by atoms with Crippen molar-refractivity contribution in [3.8, 4) is 11.5 Å². The van der Waals surface area contributed by atoms with Gasteiger partial charge in [-0.15, -0.1) is 0 Å². The van der Waals surface area contributed by atoms with Gasteiger partial charge in [0.05, 0.1) is 4.75 Å². The zero-order valence-electron chi connectivity index (χ0n) is 17.5. The SMILES string of the molecule is CC(C)(C)S(=O)(=O)NC1CCC(C(=O)NCCCc2ccc3c(c2)OCO3)CC1. The van der Waals surface area contributed by atoms with E-state index in [-0.39, 0.29) is 24.7 Å². The van der Waals surface area contributed by atoms with Gasteiger partial charge in [0.15, 0.2) is 11.5 Å². The summed E-state index contributed by atoms with van der Waals surface area (Å²) in [6, 6.07) is 5.86. The van der Waals surface area contributed by atoms with Crippen LogP contribution in [0.3, 0.4) is 0 Å². The minimum absolute atomic E-state index is 0.0315. The Kier molecular flexibility index (Phi) is 6.73. The average Bonchev–Trinajstić information content (AvgIpc) is 3.12. The molecule has 0 saturated heterocycles. The first kappa shape index (κ1) is 21.9. The van der Waals surface area contributed by atoms with Crippen molar-refractivity contribution < 1.29 is 22.7 Å². The Morgan fingerprint density at radius 1 is 1.10 bits per heavy atom. The van der Waals surface area contributed by atoms with Gasteiger partial charge in [0, 0.05) is 18.5 Å². The van der Waals surface area contributed by atoms with E-state index in [2.05, 4.69) is 10.0 Å². The van der Waals surface area contributed by atoms with Crippen molar-refractivity contribution in [1.82, 2.24) is 10.0 Å². The van der Waals surface area contributed by atoms with E-state index in [4.69, 9.17) is 9.47 Å². The van der Waals surface area contributed by atoms with Crippen molar-refractivity contribution in [3.63, 3.8) is 0 Å². The third-order valence-corrected chi connectivity index (χ3v) is 7.86. The maximum Gasteiger partial charge on any atom is 0.231 e. The van der Waals surface area contributed by atoms with Gasteiger partial charge in [0.1, 0.15) is 0 Å². The van der Waals surface area contributed by atoms with E-state index in [1.165, 1.54) is 0 Å². The largest absolute Gasteiger partial charge is 0.454 e. The fraction of sp³-hybridized carbons (Fsp3) is 0.667. The molecule has 8 heteroatoms. The third kappa shape index (κ3) is 5.63. The molecule has 0 bridgehead atoms. The fourth-order valence-electron chi connectivity index (χ4n) is 3.61. The summed E-state index contributed by atoms with van der Waals surface area (Å²) >= 11 is 0. The topological polar surface area (TPSA) is 93.7 Å². The summed E-state index contributed by atoms with van der Waals surface area (Å²) in [6.07, 6.45) is 4.54. The molecule has 0 unspecified atom stereocenters. The lowest BCUT2D eigenvalue weighted by atomic mass is 9.86. The number of fused-ring (bicyclic) bond motifs is 1. The van der Waals surface area contributed by atoms with Gasteiger partial charge in [-0.25, -0.2) is 13.1 Å². The Morgan fingerprint density at radius 2 is 1.79 bits per heavy atom. The van der Waals surface area contributed by atoms with Crippen molar-refractivity contribution in [3.05, 3.63) is 23.8 Å². The Balaban J connectivity index is 1.36. The summed E-state index contributed by atoms with van der Waals surface area (Å²) in [4.78, 5) is 12.4. The van der Waals surface area contributed by atoms with Crippen LogP contribution in [-0.4, -0.2) is 38.5 Å². The van der Waals surface area contributed by atoms with Crippen LogP contribution in [-0.2, 0) is 21.2 Å². The number of nitrogens with one attached hydrogen (secondary N) is 2. The number of hydrogen-bond donors (Lipinski definition) is 2. The number of carbonyl (C=O) groups excluding carboxylic acids is 1. The second kappa shape index (κ2) is 8.92. The number of carbonyl (C=O) groups is 1. The predicted octanol–water partition coefficient (Wildman–Crippen LogP) is 2.74. The van der Waals surface area contributed by atoms with Crippen LogP contribution >= 0.6 is 0 Å². The standard InChI is InChI=1S/C21H32N2O5S/c1-21(2,3)29(25,26)23-17-9-7-16(8-10-17)20(24)22-12-4-5-15-6-11-18-19(13-15)28-14-27-18/h6,11,13,16-17,23H,4-5,7-10,12,14H2,1-3H3,(H,22,24). The summed E-state index contributed by atoms with van der Waals surface area (Å²) in [5, 5.41) is 3.03. The highest BCUT2D eigenvalue weighted by atomic mass is 32.2. The minimum atomic E-state index is -3.35. The molecule has 2 aliphatic rings. The highest BCUT2D eigenvalue weighted by molar-refractivity contribution is 7.90. The zero-order chi connectivity index (χ0) is 21.1. The Morgan fingerprint density at radius 3 is 2.48 bits per heavy atom. The van der Waals surface area contributed by atoms with Gasteiger partial charge in [0.25, 0.3) is 0 Å². The summed E-state index contributed by atoms with van der Waals surface area (Å²) in [6.45, 7) is 5.98. The normalized spacial score (nSPS) is 21.8. The average molecular weight is 425 g/mol. The monoisotopic (exact) mass is 424 g/mol. The van der Waals surface area contributed by atoms with Crippen LogP contribution in [0.2, 0.25) is 0 Å². The summed E-state index contributed by atoms with van der Waals surface area (Å²) in [5.74, 6) is 1.61. The smallest absolute Gasteiger partial charge is 0.231 e. The van der Waals surface area contributed by atoms with Crippen molar-refractivity contribution in [2.45, 2.75) is 70.1 Å². The van der Waals surface area contributed by atoms with E-state index in [9.17, 15) is 13.2 Å². The molecule has 1 heterocycles. The van der Waals surface area contributed by atoms with Gasteiger partial charge >= 0.3 is 0 Å². The summed E-state index contributed by atoms with van der Waals surface area (Å²) < 4.78 is 37.2. The quantitative estimate of drug-likeness (QED) is 0.657. The van der Waals surface area contributed by atoms with Gasteiger partial charge < -0.3 is 14.8 Å². The number of hydrogen-bond acceptors (Lipinski definition) is 5. The molecule has 1 aromatic rings. The number of aryl methyl sites for hydroxylation is 1. The van der Waals surface area contributed by atoms with Gasteiger partial charge in [-0.05, 0) is 77.0 Å². The molecule has 2 N–H and O–H groups in total. The lowest BCUT2D eigenvalue weighted by molar-refractivity contribution is -0.126. The van der Waals surface area contributed by atoms with Gasteiger partial charge in [0.2, 0.25) is 22.7 Å². The lowest BCUT2D eigenvalue weighted by Crippen LogP contribution is -2.46. The second-order valence-electron chi connectivity index (χ2n) is 8.86.